The monoisotopic (exact) mass is 280 g/mol. The molecule has 0 heterocycles. The molecule has 0 aromatic heterocycles. The Morgan fingerprint density at radius 1 is 1.27 bits per heavy atom. The second-order valence-electron chi connectivity index (χ2n) is 2.38. The molecule has 0 aliphatic carbocycles. The van der Waals surface area contributed by atoms with Gasteiger partial charge in [-0.3, -0.25) is 0 Å². The Labute approximate surface area is 120 Å². The van der Waals surface area contributed by atoms with Crippen LogP contribution in [0, 0.1) is 0 Å². The van der Waals surface area contributed by atoms with E-state index < -0.39 is 12.6 Å². The van der Waals surface area contributed by atoms with Crippen molar-refractivity contribution in [1.29, 1.82) is 0 Å². The molecule has 0 bridgehead atoms. The van der Waals surface area contributed by atoms with Crippen molar-refractivity contribution in [2.24, 2.45) is 0 Å². The average molecular weight is 282 g/mol. The predicted molar refractivity (Wildman–Crippen MR) is 62.6 cm³/mol. The van der Waals surface area contributed by atoms with Crippen LogP contribution in [0.15, 0.2) is 12.1 Å². The molecule has 80 valence electrons. The molecule has 1 N–H and O–H groups in total. The molecule has 15 heavy (non-hydrogen) atoms. The SMILES string of the molecule is O=C(O)COc1cc(Cl)c(Cl)cc1Cl.[H-].[H-].[Mg+2]. The fraction of sp³-hybridized carbons (Fsp3) is 0.125. The summed E-state index contributed by atoms with van der Waals surface area (Å²) in [6, 6.07) is 2.76. The molecule has 0 unspecified atom stereocenters. The number of hydrogen-bond donors (Lipinski definition) is 1. The van der Waals surface area contributed by atoms with Gasteiger partial charge >= 0.3 is 29.0 Å². The number of ether oxygens (including phenoxy) is 1. The smallest absolute Gasteiger partial charge is 1.00 e. The Hall–Kier alpha value is 0.126. The number of hydrogen-bond acceptors (Lipinski definition) is 2. The van der Waals surface area contributed by atoms with Gasteiger partial charge in [-0.1, -0.05) is 34.8 Å². The van der Waals surface area contributed by atoms with Crippen molar-refractivity contribution >= 4 is 63.8 Å². The first-order chi connectivity index (χ1) is 6.50. The predicted octanol–water partition coefficient (Wildman–Crippen LogP) is 2.95. The summed E-state index contributed by atoms with van der Waals surface area (Å²) < 4.78 is 4.86. The first-order valence-corrected chi connectivity index (χ1v) is 4.63. The van der Waals surface area contributed by atoms with E-state index in [0.717, 1.165) is 0 Å². The average Bonchev–Trinajstić information content (AvgIpc) is 2.09. The van der Waals surface area contributed by atoms with E-state index in [-0.39, 0.29) is 41.7 Å². The van der Waals surface area contributed by atoms with E-state index in [1.165, 1.54) is 12.1 Å². The third kappa shape index (κ3) is 4.65. The Balaban J connectivity index is -0.000000653. The van der Waals surface area contributed by atoms with Crippen LogP contribution < -0.4 is 4.74 Å². The van der Waals surface area contributed by atoms with Gasteiger partial charge in [0.25, 0.3) is 0 Å². The Bertz CT molecular complexity index is 379. The molecule has 0 radical (unpaired) electrons. The normalized spacial score (nSPS) is 9.27. The summed E-state index contributed by atoms with van der Waals surface area (Å²) in [6.07, 6.45) is 0. The maximum Gasteiger partial charge on any atom is 2.00 e. The maximum atomic E-state index is 10.2. The van der Waals surface area contributed by atoms with E-state index in [0.29, 0.717) is 5.02 Å². The van der Waals surface area contributed by atoms with Crippen molar-refractivity contribution in [2.45, 2.75) is 0 Å². The van der Waals surface area contributed by atoms with Gasteiger partial charge in [-0.2, -0.15) is 0 Å². The van der Waals surface area contributed by atoms with E-state index in [4.69, 9.17) is 44.6 Å². The minimum Gasteiger partial charge on any atom is -1.00 e. The van der Waals surface area contributed by atoms with Gasteiger partial charge in [0.15, 0.2) is 6.61 Å². The zero-order valence-electron chi connectivity index (χ0n) is 9.47. The molecule has 0 amide bonds. The summed E-state index contributed by atoms with van der Waals surface area (Å²) in [5.41, 5.74) is 0. The zero-order chi connectivity index (χ0) is 10.7. The topological polar surface area (TPSA) is 46.5 Å². The van der Waals surface area contributed by atoms with Crippen molar-refractivity contribution in [2.75, 3.05) is 6.61 Å². The van der Waals surface area contributed by atoms with Crippen molar-refractivity contribution in [3.63, 3.8) is 0 Å². The molecule has 0 aliphatic heterocycles. The largest absolute Gasteiger partial charge is 2.00 e. The Morgan fingerprint density at radius 2 is 1.80 bits per heavy atom. The number of benzene rings is 1. The standard InChI is InChI=1S/C8H5Cl3O3.Mg.2H/c9-4-1-6(11)7(2-5(4)10)14-3-8(12)13;;;/h1-2H,3H2,(H,12,13);;;/q;+2;2*-1. The van der Waals surface area contributed by atoms with Gasteiger partial charge in [0.1, 0.15) is 5.75 Å². The van der Waals surface area contributed by atoms with Gasteiger partial charge < -0.3 is 12.7 Å². The minimum absolute atomic E-state index is 0. The molecule has 1 aromatic rings. The third-order valence-electron chi connectivity index (χ3n) is 1.33. The molecule has 0 saturated carbocycles. The second-order valence-corrected chi connectivity index (χ2v) is 3.60. The molecular weight excluding hydrogens is 275 g/mol. The summed E-state index contributed by atoms with van der Waals surface area (Å²) in [4.78, 5) is 10.2. The molecule has 7 heteroatoms. The summed E-state index contributed by atoms with van der Waals surface area (Å²) in [5.74, 6) is -0.893. The molecular formula is C8H7Cl3MgO3. The molecule has 0 spiro atoms. The van der Waals surface area contributed by atoms with E-state index in [2.05, 4.69) is 0 Å². The summed E-state index contributed by atoms with van der Waals surface area (Å²) in [7, 11) is 0. The van der Waals surface area contributed by atoms with E-state index in [1.54, 1.807) is 0 Å². The molecule has 1 aromatic carbocycles. The number of carbonyl (C=O) groups is 1. The van der Waals surface area contributed by atoms with Crippen LogP contribution in [0.3, 0.4) is 0 Å². The van der Waals surface area contributed by atoms with Crippen molar-refractivity contribution < 1.29 is 17.5 Å². The van der Waals surface area contributed by atoms with Crippen molar-refractivity contribution in [3.05, 3.63) is 27.2 Å². The summed E-state index contributed by atoms with van der Waals surface area (Å²) in [6.45, 7) is -0.475. The fourth-order valence-electron chi connectivity index (χ4n) is 0.754. The van der Waals surface area contributed by atoms with Crippen LogP contribution in [-0.4, -0.2) is 40.7 Å². The first kappa shape index (κ1) is 15.1. The number of aliphatic carboxylic acids is 1. The third-order valence-corrected chi connectivity index (χ3v) is 2.34. The first-order valence-electron chi connectivity index (χ1n) is 3.50. The molecule has 0 atom stereocenters. The molecule has 0 aliphatic rings. The van der Waals surface area contributed by atoms with Crippen LogP contribution in [-0.2, 0) is 4.79 Å². The van der Waals surface area contributed by atoms with Crippen LogP contribution in [0.2, 0.25) is 15.1 Å². The van der Waals surface area contributed by atoms with Crippen molar-refractivity contribution in [1.82, 2.24) is 0 Å². The van der Waals surface area contributed by atoms with Gasteiger partial charge in [-0.15, -0.1) is 0 Å². The van der Waals surface area contributed by atoms with Crippen LogP contribution in [0.4, 0.5) is 0 Å². The second kappa shape index (κ2) is 6.65. The van der Waals surface area contributed by atoms with E-state index in [1.807, 2.05) is 0 Å². The number of halogens is 3. The van der Waals surface area contributed by atoms with Gasteiger partial charge in [0, 0.05) is 6.07 Å². The zero-order valence-corrected chi connectivity index (χ0v) is 11.1. The number of rotatable bonds is 3. The van der Waals surface area contributed by atoms with Crippen LogP contribution in [0.1, 0.15) is 2.85 Å². The van der Waals surface area contributed by atoms with Crippen molar-refractivity contribution in [3.8, 4) is 5.75 Å². The van der Waals surface area contributed by atoms with Gasteiger partial charge in [0.2, 0.25) is 0 Å². The van der Waals surface area contributed by atoms with Crippen LogP contribution >= 0.6 is 34.8 Å². The fourth-order valence-corrected chi connectivity index (χ4v) is 1.35. The Morgan fingerprint density at radius 3 is 2.33 bits per heavy atom. The molecule has 0 fully saturated rings. The number of carboxylic acid groups (broad SMARTS) is 1. The van der Waals surface area contributed by atoms with E-state index >= 15 is 0 Å². The molecule has 1 rings (SSSR count). The number of carboxylic acids is 1. The summed E-state index contributed by atoms with van der Waals surface area (Å²) in [5, 5.41) is 9.14. The quantitative estimate of drug-likeness (QED) is 0.684. The van der Waals surface area contributed by atoms with Crippen LogP contribution in [0.5, 0.6) is 5.75 Å². The Kier molecular flexibility index (Phi) is 6.71. The molecule has 0 saturated heterocycles. The van der Waals surface area contributed by atoms with Crippen LogP contribution in [0.25, 0.3) is 0 Å². The maximum absolute atomic E-state index is 10.2. The van der Waals surface area contributed by atoms with Gasteiger partial charge in [-0.25, -0.2) is 4.79 Å². The minimum atomic E-state index is -1.09. The summed E-state index contributed by atoms with van der Waals surface area (Å²) >= 11 is 17.1. The van der Waals surface area contributed by atoms with E-state index in [9.17, 15) is 4.79 Å². The molecule has 3 nitrogen and oxygen atoms in total. The van der Waals surface area contributed by atoms with Gasteiger partial charge in [0.05, 0.1) is 15.1 Å². The van der Waals surface area contributed by atoms with Gasteiger partial charge in [-0.05, 0) is 6.07 Å².